The predicted molar refractivity (Wildman–Crippen MR) is 139 cm³/mol. The summed E-state index contributed by atoms with van der Waals surface area (Å²) in [4.78, 5) is 20.2. The minimum Gasteiger partial charge on any atom is -0.467 e. The van der Waals surface area contributed by atoms with Crippen LogP contribution < -0.4 is 4.90 Å². The van der Waals surface area contributed by atoms with Gasteiger partial charge in [0, 0.05) is 19.2 Å². The molecule has 2 aromatic heterocycles. The predicted octanol–water partition coefficient (Wildman–Crippen LogP) is 5.77. The Morgan fingerprint density at radius 2 is 1.83 bits per heavy atom. The minimum atomic E-state index is -3.61. The summed E-state index contributed by atoms with van der Waals surface area (Å²) >= 11 is 1.44. The first-order chi connectivity index (χ1) is 16.7. The molecule has 7 nitrogen and oxygen atoms in total. The van der Waals surface area contributed by atoms with E-state index in [1.807, 2.05) is 32.9 Å². The quantitative estimate of drug-likeness (QED) is 0.285. The molecule has 0 atom stereocenters. The van der Waals surface area contributed by atoms with Gasteiger partial charge in [-0.15, -0.1) is 0 Å². The number of unbranched alkanes of at least 4 members (excludes halogenated alkanes) is 1. The van der Waals surface area contributed by atoms with Gasteiger partial charge in [-0.2, -0.15) is 0 Å². The van der Waals surface area contributed by atoms with Crippen molar-refractivity contribution in [3.05, 3.63) is 77.2 Å². The number of hydrogen-bond donors (Lipinski definition) is 0. The monoisotopic (exact) mass is 511 g/mol. The number of aryl methyl sites for hydroxylation is 2. The molecule has 184 valence electrons. The number of hydrogen-bond acceptors (Lipinski definition) is 6. The van der Waals surface area contributed by atoms with Gasteiger partial charge in [-0.05, 0) is 73.9 Å². The Kier molecular flexibility index (Phi) is 7.39. The molecule has 4 aromatic rings. The van der Waals surface area contributed by atoms with Gasteiger partial charge < -0.3 is 4.42 Å². The van der Waals surface area contributed by atoms with E-state index < -0.39 is 10.0 Å². The minimum absolute atomic E-state index is 0.163. The van der Waals surface area contributed by atoms with Crippen LogP contribution in [0.3, 0.4) is 0 Å². The molecular weight excluding hydrogens is 482 g/mol. The number of carbonyl (C=O) groups is 1. The van der Waals surface area contributed by atoms with E-state index in [4.69, 9.17) is 9.40 Å². The van der Waals surface area contributed by atoms with E-state index in [-0.39, 0.29) is 17.3 Å². The number of amides is 1. The standard InChI is InChI=1S/C26H29N3O4S2/c1-5-6-15-28(4)35(31,32)22-12-10-20(11-13-22)25(30)29(17-21-8-7-16-33-21)26-27-24-19(3)18(2)9-14-23(24)34-26/h7-14,16H,5-6,15,17H2,1-4H3. The molecule has 4 rings (SSSR count). The van der Waals surface area contributed by atoms with Crippen molar-refractivity contribution < 1.29 is 17.6 Å². The Morgan fingerprint density at radius 3 is 2.49 bits per heavy atom. The van der Waals surface area contributed by atoms with Crippen LogP contribution >= 0.6 is 11.3 Å². The van der Waals surface area contributed by atoms with Crippen molar-refractivity contribution in [2.45, 2.75) is 45.1 Å². The molecule has 0 saturated heterocycles. The molecule has 35 heavy (non-hydrogen) atoms. The zero-order valence-electron chi connectivity index (χ0n) is 20.3. The first-order valence-corrected chi connectivity index (χ1v) is 13.8. The molecule has 0 bridgehead atoms. The Morgan fingerprint density at radius 1 is 1.09 bits per heavy atom. The van der Waals surface area contributed by atoms with Crippen molar-refractivity contribution in [1.82, 2.24) is 9.29 Å². The third-order valence-electron chi connectivity index (χ3n) is 6.08. The molecule has 0 fully saturated rings. The lowest BCUT2D eigenvalue weighted by Crippen LogP contribution is -2.30. The van der Waals surface area contributed by atoms with Gasteiger partial charge in [-0.3, -0.25) is 9.69 Å². The molecule has 2 heterocycles. The highest BCUT2D eigenvalue weighted by molar-refractivity contribution is 7.89. The second kappa shape index (κ2) is 10.3. The number of sulfonamides is 1. The summed E-state index contributed by atoms with van der Waals surface area (Å²) in [6, 6.07) is 13.7. The van der Waals surface area contributed by atoms with E-state index in [1.54, 1.807) is 36.4 Å². The van der Waals surface area contributed by atoms with Crippen molar-refractivity contribution in [2.75, 3.05) is 18.5 Å². The summed E-state index contributed by atoms with van der Waals surface area (Å²) in [6.45, 7) is 6.74. The summed E-state index contributed by atoms with van der Waals surface area (Å²) in [5.74, 6) is 0.348. The molecule has 0 radical (unpaired) electrons. The molecule has 2 aromatic carbocycles. The van der Waals surface area contributed by atoms with Crippen molar-refractivity contribution >= 4 is 42.6 Å². The van der Waals surface area contributed by atoms with Gasteiger partial charge in [0.2, 0.25) is 10.0 Å². The van der Waals surface area contributed by atoms with E-state index in [1.165, 1.54) is 27.8 Å². The molecule has 1 amide bonds. The highest BCUT2D eigenvalue weighted by Crippen LogP contribution is 2.33. The summed E-state index contributed by atoms with van der Waals surface area (Å²) < 4.78 is 33.6. The molecule has 0 aliphatic heterocycles. The molecule has 0 N–H and O–H groups in total. The van der Waals surface area contributed by atoms with Crippen molar-refractivity contribution in [2.24, 2.45) is 0 Å². The van der Waals surface area contributed by atoms with Crippen LogP contribution in [0.25, 0.3) is 10.2 Å². The Hall–Kier alpha value is -3.01. The van der Waals surface area contributed by atoms with Crippen molar-refractivity contribution in [3.8, 4) is 0 Å². The third kappa shape index (κ3) is 5.17. The van der Waals surface area contributed by atoms with Gasteiger partial charge in [0.05, 0.1) is 27.9 Å². The highest BCUT2D eigenvalue weighted by atomic mass is 32.2. The van der Waals surface area contributed by atoms with E-state index in [2.05, 4.69) is 6.07 Å². The molecule has 0 spiro atoms. The van der Waals surface area contributed by atoms with Gasteiger partial charge in [0.15, 0.2) is 5.13 Å². The third-order valence-corrected chi connectivity index (χ3v) is 8.99. The van der Waals surface area contributed by atoms with Crippen molar-refractivity contribution in [3.63, 3.8) is 0 Å². The van der Waals surface area contributed by atoms with E-state index in [0.29, 0.717) is 23.0 Å². The molecule has 0 aliphatic rings. The van der Waals surface area contributed by atoms with Gasteiger partial charge >= 0.3 is 0 Å². The van der Waals surface area contributed by atoms with Crippen LogP contribution in [0.2, 0.25) is 0 Å². The van der Waals surface area contributed by atoms with E-state index >= 15 is 0 Å². The molecular formula is C26H29N3O4S2. The summed E-state index contributed by atoms with van der Waals surface area (Å²) in [5, 5.41) is 0.561. The Labute approximate surface area is 210 Å². The normalized spacial score (nSPS) is 11.9. The topological polar surface area (TPSA) is 83.7 Å². The number of nitrogens with zero attached hydrogens (tertiary/aromatic N) is 3. The summed E-state index contributed by atoms with van der Waals surface area (Å²) in [7, 11) is -2.03. The van der Waals surface area contributed by atoms with Crippen LogP contribution in [-0.2, 0) is 16.6 Å². The Bertz CT molecular complexity index is 1430. The molecule has 0 saturated carbocycles. The maximum Gasteiger partial charge on any atom is 0.260 e. The van der Waals surface area contributed by atoms with Crippen LogP contribution in [0.5, 0.6) is 0 Å². The molecule has 9 heteroatoms. The van der Waals surface area contributed by atoms with E-state index in [9.17, 15) is 13.2 Å². The van der Waals surface area contributed by atoms with Crippen molar-refractivity contribution in [1.29, 1.82) is 0 Å². The fourth-order valence-corrected chi connectivity index (χ4v) is 5.95. The first kappa shape index (κ1) is 25.1. The van der Waals surface area contributed by atoms with Crippen LogP contribution in [0.15, 0.2) is 64.1 Å². The summed E-state index contributed by atoms with van der Waals surface area (Å²) in [5.41, 5.74) is 3.47. The fraction of sp³-hybridized carbons (Fsp3) is 0.308. The average Bonchev–Trinajstić information content (AvgIpc) is 3.53. The fourth-order valence-electron chi connectivity index (χ4n) is 3.72. The number of fused-ring (bicyclic) bond motifs is 1. The van der Waals surface area contributed by atoms with Gasteiger partial charge in [0.25, 0.3) is 5.91 Å². The van der Waals surface area contributed by atoms with Gasteiger partial charge in [-0.25, -0.2) is 17.7 Å². The SMILES string of the molecule is CCCCN(C)S(=O)(=O)c1ccc(C(=O)N(Cc2ccco2)c2nc3c(C)c(C)ccc3s2)cc1. The molecule has 0 unspecified atom stereocenters. The van der Waals surface area contributed by atoms with Crippen LogP contribution in [0, 0.1) is 13.8 Å². The van der Waals surface area contributed by atoms with Crippen LogP contribution in [0.4, 0.5) is 5.13 Å². The number of rotatable bonds is 9. The molecule has 0 aliphatic carbocycles. The second-order valence-electron chi connectivity index (χ2n) is 8.53. The zero-order chi connectivity index (χ0) is 25.2. The lowest BCUT2D eigenvalue weighted by atomic mass is 10.1. The maximum absolute atomic E-state index is 13.6. The largest absolute Gasteiger partial charge is 0.467 e. The Balaban J connectivity index is 1.67. The lowest BCUT2D eigenvalue weighted by Gasteiger charge is -2.20. The lowest BCUT2D eigenvalue weighted by molar-refractivity contribution is 0.0983. The summed E-state index contributed by atoms with van der Waals surface area (Å²) in [6.07, 6.45) is 3.26. The number of thiazole rings is 1. The average molecular weight is 512 g/mol. The number of carbonyl (C=O) groups excluding carboxylic acids is 1. The van der Waals surface area contributed by atoms with Gasteiger partial charge in [0.1, 0.15) is 5.76 Å². The maximum atomic E-state index is 13.6. The van der Waals surface area contributed by atoms with Crippen LogP contribution in [-0.4, -0.2) is 37.2 Å². The number of furan rings is 1. The number of benzene rings is 2. The van der Waals surface area contributed by atoms with Gasteiger partial charge in [-0.1, -0.05) is 30.7 Å². The highest BCUT2D eigenvalue weighted by Gasteiger charge is 2.25. The number of anilines is 1. The number of aromatic nitrogens is 1. The van der Waals surface area contributed by atoms with E-state index in [0.717, 1.165) is 34.2 Å². The first-order valence-electron chi connectivity index (χ1n) is 11.5. The van der Waals surface area contributed by atoms with Crippen LogP contribution in [0.1, 0.15) is 47.0 Å². The second-order valence-corrected chi connectivity index (χ2v) is 11.6. The zero-order valence-corrected chi connectivity index (χ0v) is 21.9. The smallest absolute Gasteiger partial charge is 0.260 e.